The molecule has 0 unspecified atom stereocenters. The first-order valence-electron chi connectivity index (χ1n) is 6.16. The van der Waals surface area contributed by atoms with Crippen molar-refractivity contribution in [2.24, 2.45) is 0 Å². The van der Waals surface area contributed by atoms with Gasteiger partial charge in [0.2, 0.25) is 0 Å². The first-order chi connectivity index (χ1) is 8.99. The molecule has 0 aliphatic heterocycles. The van der Waals surface area contributed by atoms with Crippen LogP contribution in [0.5, 0.6) is 5.75 Å². The van der Waals surface area contributed by atoms with Gasteiger partial charge < -0.3 is 10.4 Å². The Morgan fingerprint density at radius 1 is 1.05 bits per heavy atom. The summed E-state index contributed by atoms with van der Waals surface area (Å²) in [5, 5.41) is 12.5. The number of hydrogen-bond donors (Lipinski definition) is 2. The summed E-state index contributed by atoms with van der Waals surface area (Å²) in [7, 11) is 0. The van der Waals surface area contributed by atoms with Crippen LogP contribution in [0, 0.1) is 20.8 Å². The van der Waals surface area contributed by atoms with E-state index in [4.69, 9.17) is 0 Å². The van der Waals surface area contributed by atoms with E-state index in [0.717, 1.165) is 22.4 Å². The summed E-state index contributed by atoms with van der Waals surface area (Å²) in [5.74, 6) is 0.0999. The Bertz CT molecular complexity index is 633. The number of nitrogens with one attached hydrogen (secondary N) is 1. The summed E-state index contributed by atoms with van der Waals surface area (Å²) < 4.78 is 0. The number of carbonyl (C=O) groups excluding carboxylic acids is 1. The molecule has 0 atom stereocenters. The predicted octanol–water partition coefficient (Wildman–Crippen LogP) is 3.57. The second-order valence-corrected chi connectivity index (χ2v) is 4.71. The molecule has 98 valence electrons. The quantitative estimate of drug-likeness (QED) is 0.806. The fourth-order valence-electron chi connectivity index (χ4n) is 1.92. The van der Waals surface area contributed by atoms with Crippen molar-refractivity contribution < 1.29 is 9.90 Å². The minimum Gasteiger partial charge on any atom is -0.508 e. The molecule has 0 bridgehead atoms. The Hall–Kier alpha value is -2.29. The van der Waals surface area contributed by atoms with Crippen LogP contribution in [0.2, 0.25) is 0 Å². The van der Waals surface area contributed by atoms with Crippen LogP contribution in [0.1, 0.15) is 27.0 Å². The molecule has 0 aromatic heterocycles. The molecule has 0 saturated heterocycles. The number of anilines is 1. The predicted molar refractivity (Wildman–Crippen MR) is 76.7 cm³/mol. The topological polar surface area (TPSA) is 49.3 Å². The van der Waals surface area contributed by atoms with E-state index in [1.54, 1.807) is 18.2 Å². The molecule has 2 aromatic carbocycles. The summed E-state index contributed by atoms with van der Waals surface area (Å²) in [6.07, 6.45) is 0. The van der Waals surface area contributed by atoms with Crippen LogP contribution < -0.4 is 5.32 Å². The van der Waals surface area contributed by atoms with E-state index in [1.807, 2.05) is 39.0 Å². The number of aromatic hydroxyl groups is 1. The van der Waals surface area contributed by atoms with Crippen molar-refractivity contribution in [3.8, 4) is 5.75 Å². The van der Waals surface area contributed by atoms with Gasteiger partial charge in [-0.05, 0) is 56.2 Å². The minimum atomic E-state index is -0.142. The van der Waals surface area contributed by atoms with E-state index in [1.165, 1.54) is 0 Å². The van der Waals surface area contributed by atoms with Gasteiger partial charge in [-0.2, -0.15) is 0 Å². The number of phenols is 1. The van der Waals surface area contributed by atoms with Gasteiger partial charge >= 0.3 is 0 Å². The Morgan fingerprint density at radius 2 is 1.79 bits per heavy atom. The van der Waals surface area contributed by atoms with Gasteiger partial charge in [0.15, 0.2) is 0 Å². The summed E-state index contributed by atoms with van der Waals surface area (Å²) >= 11 is 0. The van der Waals surface area contributed by atoms with Crippen LogP contribution in [-0.4, -0.2) is 11.0 Å². The lowest BCUT2D eigenvalue weighted by atomic mass is 10.1. The number of rotatable bonds is 2. The van der Waals surface area contributed by atoms with Crippen molar-refractivity contribution in [2.45, 2.75) is 20.8 Å². The van der Waals surface area contributed by atoms with Crippen LogP contribution in [-0.2, 0) is 0 Å². The number of aryl methyl sites for hydroxylation is 1. The third kappa shape index (κ3) is 2.76. The smallest absolute Gasteiger partial charge is 0.255 e. The maximum absolute atomic E-state index is 12.1. The fraction of sp³-hybridized carbons (Fsp3) is 0.188. The average Bonchev–Trinajstić information content (AvgIpc) is 2.39. The molecule has 2 rings (SSSR count). The number of benzene rings is 2. The third-order valence-corrected chi connectivity index (χ3v) is 3.29. The van der Waals surface area contributed by atoms with Gasteiger partial charge in [-0.1, -0.05) is 17.7 Å². The van der Waals surface area contributed by atoms with E-state index < -0.39 is 0 Å². The summed E-state index contributed by atoms with van der Waals surface area (Å²) in [4.78, 5) is 12.1. The van der Waals surface area contributed by atoms with Crippen molar-refractivity contribution in [3.63, 3.8) is 0 Å². The maximum atomic E-state index is 12.1. The van der Waals surface area contributed by atoms with Crippen LogP contribution >= 0.6 is 0 Å². The highest BCUT2D eigenvalue weighted by Gasteiger charge is 2.10. The molecule has 3 heteroatoms. The Kier molecular flexibility index (Phi) is 3.56. The molecule has 0 saturated carbocycles. The third-order valence-electron chi connectivity index (χ3n) is 3.29. The number of hydrogen-bond acceptors (Lipinski definition) is 2. The van der Waals surface area contributed by atoms with Crippen LogP contribution in [0.4, 0.5) is 5.69 Å². The molecule has 19 heavy (non-hydrogen) atoms. The van der Waals surface area contributed by atoms with Gasteiger partial charge in [-0.25, -0.2) is 0 Å². The van der Waals surface area contributed by atoms with E-state index in [9.17, 15) is 9.90 Å². The van der Waals surface area contributed by atoms with Gasteiger partial charge in [-0.15, -0.1) is 0 Å². The molecule has 0 fully saturated rings. The molecule has 2 aromatic rings. The first kappa shape index (κ1) is 13.1. The monoisotopic (exact) mass is 255 g/mol. The van der Waals surface area contributed by atoms with Crippen LogP contribution in [0.15, 0.2) is 36.4 Å². The highest BCUT2D eigenvalue weighted by atomic mass is 16.3. The number of carbonyl (C=O) groups is 1. The Morgan fingerprint density at radius 3 is 2.47 bits per heavy atom. The second kappa shape index (κ2) is 5.14. The lowest BCUT2D eigenvalue weighted by Crippen LogP contribution is -2.13. The molecular weight excluding hydrogens is 238 g/mol. The van der Waals surface area contributed by atoms with E-state index in [2.05, 4.69) is 5.32 Å². The first-order valence-corrected chi connectivity index (χ1v) is 6.16. The molecule has 0 spiro atoms. The van der Waals surface area contributed by atoms with Gasteiger partial charge in [-0.3, -0.25) is 4.79 Å². The minimum absolute atomic E-state index is 0.142. The number of phenolic OH excluding ortho intramolecular Hbond substituents is 1. The van der Waals surface area contributed by atoms with E-state index in [-0.39, 0.29) is 11.7 Å². The zero-order valence-electron chi connectivity index (χ0n) is 11.3. The van der Waals surface area contributed by atoms with E-state index >= 15 is 0 Å². The van der Waals surface area contributed by atoms with Gasteiger partial charge in [0.25, 0.3) is 5.91 Å². The average molecular weight is 255 g/mol. The van der Waals surface area contributed by atoms with Gasteiger partial charge in [0, 0.05) is 11.3 Å². The second-order valence-electron chi connectivity index (χ2n) is 4.71. The Balaban J connectivity index is 2.27. The standard InChI is InChI=1S/C16H17NO2/c1-10-5-4-6-13(9-10)16(19)17-14-7-8-15(18)12(3)11(14)2/h4-9,18H,1-3H3,(H,17,19). The highest BCUT2D eigenvalue weighted by molar-refractivity contribution is 6.04. The van der Waals surface area contributed by atoms with Crippen molar-refractivity contribution in [3.05, 3.63) is 58.7 Å². The van der Waals surface area contributed by atoms with Gasteiger partial charge in [0.05, 0.1) is 0 Å². The van der Waals surface area contributed by atoms with Crippen molar-refractivity contribution >= 4 is 11.6 Å². The molecule has 3 nitrogen and oxygen atoms in total. The zero-order chi connectivity index (χ0) is 14.0. The highest BCUT2D eigenvalue weighted by Crippen LogP contribution is 2.26. The normalized spacial score (nSPS) is 10.3. The zero-order valence-corrected chi connectivity index (χ0v) is 11.3. The summed E-state index contributed by atoms with van der Waals surface area (Å²) in [6.45, 7) is 5.65. The van der Waals surface area contributed by atoms with E-state index in [0.29, 0.717) is 5.56 Å². The van der Waals surface area contributed by atoms with Crippen molar-refractivity contribution in [1.29, 1.82) is 0 Å². The SMILES string of the molecule is Cc1cccc(C(=O)Nc2ccc(O)c(C)c2C)c1. The van der Waals surface area contributed by atoms with Crippen molar-refractivity contribution in [1.82, 2.24) is 0 Å². The lowest BCUT2D eigenvalue weighted by Gasteiger charge is -2.12. The molecule has 1 amide bonds. The fourth-order valence-corrected chi connectivity index (χ4v) is 1.92. The van der Waals surface area contributed by atoms with Gasteiger partial charge in [0.1, 0.15) is 5.75 Å². The lowest BCUT2D eigenvalue weighted by molar-refractivity contribution is 0.102. The van der Waals surface area contributed by atoms with Crippen molar-refractivity contribution in [2.75, 3.05) is 5.32 Å². The molecule has 2 N–H and O–H groups in total. The summed E-state index contributed by atoms with van der Waals surface area (Å²) in [6, 6.07) is 10.7. The molecule has 0 aliphatic rings. The molecule has 0 aliphatic carbocycles. The largest absolute Gasteiger partial charge is 0.508 e. The maximum Gasteiger partial charge on any atom is 0.255 e. The summed E-state index contributed by atoms with van der Waals surface area (Å²) in [5.41, 5.74) is 4.06. The van der Waals surface area contributed by atoms with Crippen LogP contribution in [0.25, 0.3) is 0 Å². The molecule has 0 heterocycles. The number of amides is 1. The molecular formula is C16H17NO2. The Labute approximate surface area is 112 Å². The van der Waals surface area contributed by atoms with Crippen LogP contribution in [0.3, 0.4) is 0 Å². The molecule has 0 radical (unpaired) electrons.